The molecule has 0 aromatic heterocycles. The summed E-state index contributed by atoms with van der Waals surface area (Å²) in [6, 6.07) is 12.1. The monoisotopic (exact) mass is 496 g/mol. The van der Waals surface area contributed by atoms with Gasteiger partial charge in [-0.2, -0.15) is 0 Å². The average molecular weight is 497 g/mol. The molecule has 0 fully saturated rings. The Morgan fingerprint density at radius 2 is 1.76 bits per heavy atom. The summed E-state index contributed by atoms with van der Waals surface area (Å²) in [6.07, 6.45) is 0.529. The first-order chi connectivity index (χ1) is 15.7. The van der Waals surface area contributed by atoms with Crippen LogP contribution in [0.3, 0.4) is 0 Å². The third-order valence-corrected chi connectivity index (χ3v) is 6.57. The second kappa shape index (κ2) is 12.2. The molecule has 0 heterocycles. The van der Waals surface area contributed by atoms with E-state index in [-0.39, 0.29) is 41.0 Å². The molecule has 0 aliphatic carbocycles. The van der Waals surface area contributed by atoms with Gasteiger partial charge in [-0.05, 0) is 43.7 Å². The van der Waals surface area contributed by atoms with Gasteiger partial charge in [0, 0.05) is 20.0 Å². The van der Waals surface area contributed by atoms with Crippen LogP contribution in [0.1, 0.15) is 30.1 Å². The fraction of sp³-hybridized carbons (Fsp3) is 0.318. The molecule has 0 spiro atoms. The smallest absolute Gasteiger partial charge is 0.340 e. The van der Waals surface area contributed by atoms with E-state index in [0.717, 1.165) is 10.4 Å². The van der Waals surface area contributed by atoms with Crippen molar-refractivity contribution < 1.29 is 32.3 Å². The zero-order valence-electron chi connectivity index (χ0n) is 18.2. The Hall–Kier alpha value is -3.11. The lowest BCUT2D eigenvalue weighted by atomic mass is 10.2. The minimum absolute atomic E-state index is 0.0174. The van der Waals surface area contributed by atoms with E-state index < -0.39 is 28.5 Å². The number of amides is 1. The number of halogens is 1. The quantitative estimate of drug-likeness (QED) is 0.375. The van der Waals surface area contributed by atoms with Crippen LogP contribution in [0.5, 0.6) is 0 Å². The van der Waals surface area contributed by atoms with E-state index in [1.807, 2.05) is 0 Å². The van der Waals surface area contributed by atoms with Crippen LogP contribution in [0.15, 0.2) is 53.4 Å². The van der Waals surface area contributed by atoms with Crippen molar-refractivity contribution >= 4 is 45.2 Å². The highest BCUT2D eigenvalue weighted by molar-refractivity contribution is 7.92. The number of hydrogen-bond acceptors (Lipinski definition) is 7. The number of nitrogens with one attached hydrogen (secondary N) is 1. The number of benzene rings is 2. The number of anilines is 1. The van der Waals surface area contributed by atoms with Gasteiger partial charge < -0.3 is 14.8 Å². The maximum absolute atomic E-state index is 13.0. The third-order valence-electron chi connectivity index (χ3n) is 4.46. The molecule has 0 unspecified atom stereocenters. The largest absolute Gasteiger partial charge is 0.466 e. The number of sulfonamides is 1. The Balaban J connectivity index is 1.99. The molecule has 1 N–H and O–H groups in total. The highest BCUT2D eigenvalue weighted by atomic mass is 35.5. The van der Waals surface area contributed by atoms with E-state index in [1.165, 1.54) is 19.2 Å². The summed E-state index contributed by atoms with van der Waals surface area (Å²) in [4.78, 5) is 35.4. The lowest BCUT2D eigenvalue weighted by molar-refractivity contribution is -0.143. The molecule has 0 aliphatic rings. The molecule has 9 nitrogen and oxygen atoms in total. The number of rotatable bonds is 11. The van der Waals surface area contributed by atoms with Crippen LogP contribution in [0.4, 0.5) is 5.69 Å². The number of carbonyl (C=O) groups excluding carboxylic acids is 3. The Kier molecular flexibility index (Phi) is 9.68. The first kappa shape index (κ1) is 26.1. The maximum Gasteiger partial charge on any atom is 0.340 e. The predicted octanol–water partition coefficient (Wildman–Crippen LogP) is 2.78. The highest BCUT2D eigenvalue weighted by Gasteiger charge is 2.24. The molecule has 0 saturated carbocycles. The van der Waals surface area contributed by atoms with Gasteiger partial charge in [-0.15, -0.1) is 0 Å². The molecule has 0 saturated heterocycles. The van der Waals surface area contributed by atoms with Crippen LogP contribution < -0.4 is 9.62 Å². The molecule has 1 amide bonds. The number of ether oxygens (including phenoxy) is 2. The van der Waals surface area contributed by atoms with E-state index >= 15 is 0 Å². The molecular weight excluding hydrogens is 472 g/mol. The minimum atomic E-state index is -3.97. The van der Waals surface area contributed by atoms with Gasteiger partial charge >= 0.3 is 11.9 Å². The van der Waals surface area contributed by atoms with Crippen molar-refractivity contribution in [3.8, 4) is 0 Å². The standard InChI is InChI=1S/C22H25ClN2O7S/c1-3-31-21(27)10-7-13-24-20(26)15-32-22(28)18-14-17(11-12-19(18)23)33(29,30)25(2)16-8-5-4-6-9-16/h4-6,8-9,11-12,14H,3,7,10,13,15H2,1-2H3,(H,24,26). The average Bonchev–Trinajstić information content (AvgIpc) is 2.80. The molecular formula is C22H25ClN2O7S. The van der Waals surface area contributed by atoms with E-state index in [0.29, 0.717) is 12.1 Å². The normalized spacial score (nSPS) is 10.9. The van der Waals surface area contributed by atoms with Gasteiger partial charge in [-0.3, -0.25) is 13.9 Å². The number of hydrogen-bond donors (Lipinski definition) is 1. The van der Waals surface area contributed by atoms with E-state index in [4.69, 9.17) is 21.1 Å². The summed E-state index contributed by atoms with van der Waals surface area (Å²) in [5.41, 5.74) is 0.255. The number of carbonyl (C=O) groups is 3. The molecule has 0 bridgehead atoms. The Morgan fingerprint density at radius 1 is 1.06 bits per heavy atom. The molecule has 2 rings (SSSR count). The molecule has 2 aromatic carbocycles. The zero-order valence-corrected chi connectivity index (χ0v) is 19.8. The SMILES string of the molecule is CCOC(=O)CCCNC(=O)COC(=O)c1cc(S(=O)(=O)N(C)c2ccccc2)ccc1Cl. The topological polar surface area (TPSA) is 119 Å². The second-order valence-corrected chi connectivity index (χ2v) is 9.16. The van der Waals surface area contributed by atoms with Crippen LogP contribution in [-0.4, -0.2) is 53.1 Å². The fourth-order valence-electron chi connectivity index (χ4n) is 2.71. The van der Waals surface area contributed by atoms with Gasteiger partial charge in [0.1, 0.15) is 0 Å². The molecule has 0 radical (unpaired) electrons. The summed E-state index contributed by atoms with van der Waals surface area (Å²) < 4.78 is 36.7. The van der Waals surface area contributed by atoms with Crippen LogP contribution in [0.25, 0.3) is 0 Å². The van der Waals surface area contributed by atoms with Gasteiger partial charge in [-0.25, -0.2) is 13.2 Å². The first-order valence-corrected chi connectivity index (χ1v) is 11.9. The van der Waals surface area contributed by atoms with E-state index in [2.05, 4.69) is 5.32 Å². The lowest BCUT2D eigenvalue weighted by Gasteiger charge is -2.20. The molecule has 11 heteroatoms. The zero-order chi connectivity index (χ0) is 24.4. The Labute approximate surface area is 197 Å². The summed E-state index contributed by atoms with van der Waals surface area (Å²) in [7, 11) is -2.58. The van der Waals surface area contributed by atoms with E-state index in [9.17, 15) is 22.8 Å². The predicted molar refractivity (Wildman–Crippen MR) is 123 cm³/mol. The Bertz CT molecular complexity index is 1090. The van der Waals surface area contributed by atoms with Gasteiger partial charge in [0.2, 0.25) is 0 Å². The van der Waals surface area contributed by atoms with Crippen LogP contribution in [0.2, 0.25) is 5.02 Å². The first-order valence-electron chi connectivity index (χ1n) is 10.1. The molecule has 0 aliphatic heterocycles. The maximum atomic E-state index is 13.0. The molecule has 33 heavy (non-hydrogen) atoms. The van der Waals surface area contributed by atoms with E-state index in [1.54, 1.807) is 37.3 Å². The molecule has 2 aromatic rings. The molecule has 178 valence electrons. The van der Waals surface area contributed by atoms with Crippen LogP contribution in [-0.2, 0) is 29.1 Å². The van der Waals surface area contributed by atoms with Crippen molar-refractivity contribution in [2.24, 2.45) is 0 Å². The number of para-hydroxylation sites is 1. The fourth-order valence-corrected chi connectivity index (χ4v) is 4.13. The van der Waals surface area contributed by atoms with Crippen molar-refractivity contribution in [1.82, 2.24) is 5.32 Å². The van der Waals surface area contributed by atoms with Crippen molar-refractivity contribution in [3.63, 3.8) is 0 Å². The van der Waals surface area contributed by atoms with Gasteiger partial charge in [0.05, 0.1) is 27.8 Å². The minimum Gasteiger partial charge on any atom is -0.466 e. The van der Waals surface area contributed by atoms with Crippen molar-refractivity contribution in [3.05, 3.63) is 59.1 Å². The third kappa shape index (κ3) is 7.47. The van der Waals surface area contributed by atoms with Crippen molar-refractivity contribution in [1.29, 1.82) is 0 Å². The summed E-state index contributed by atoms with van der Waals surface area (Å²) in [5, 5.41) is 2.49. The Morgan fingerprint density at radius 3 is 2.42 bits per heavy atom. The van der Waals surface area contributed by atoms with Gasteiger partial charge in [0.15, 0.2) is 6.61 Å². The highest BCUT2D eigenvalue weighted by Crippen LogP contribution is 2.26. The number of esters is 2. The van der Waals surface area contributed by atoms with Gasteiger partial charge in [-0.1, -0.05) is 29.8 Å². The summed E-state index contributed by atoms with van der Waals surface area (Å²) >= 11 is 6.06. The lowest BCUT2D eigenvalue weighted by Crippen LogP contribution is -2.30. The summed E-state index contributed by atoms with van der Waals surface area (Å²) in [5.74, 6) is -1.88. The van der Waals surface area contributed by atoms with Crippen LogP contribution >= 0.6 is 11.6 Å². The molecule has 0 atom stereocenters. The van der Waals surface area contributed by atoms with Crippen molar-refractivity contribution in [2.75, 3.05) is 31.1 Å². The van der Waals surface area contributed by atoms with Crippen molar-refractivity contribution in [2.45, 2.75) is 24.7 Å². The second-order valence-electron chi connectivity index (χ2n) is 6.78. The van der Waals surface area contributed by atoms with Crippen LogP contribution in [0, 0.1) is 0 Å². The summed E-state index contributed by atoms with van der Waals surface area (Å²) in [6.45, 7) is 1.60. The number of nitrogens with zero attached hydrogens (tertiary/aromatic N) is 1. The van der Waals surface area contributed by atoms with Gasteiger partial charge in [0.25, 0.3) is 15.9 Å².